The molecule has 0 fully saturated rings. The van der Waals surface area contributed by atoms with Crippen LogP contribution in [0.4, 0.5) is 0 Å². The van der Waals surface area contributed by atoms with Crippen LogP contribution in [0.3, 0.4) is 0 Å². The highest BCUT2D eigenvalue weighted by Crippen LogP contribution is 2.03. The van der Waals surface area contributed by atoms with E-state index in [0.29, 0.717) is 0 Å². The maximum Gasteiger partial charge on any atom is 0.0814 e. The number of halogens is 1. The van der Waals surface area contributed by atoms with Crippen molar-refractivity contribution in [1.29, 1.82) is 0 Å². The third kappa shape index (κ3) is 2.12. The van der Waals surface area contributed by atoms with Gasteiger partial charge in [0.25, 0.3) is 0 Å². The minimum Gasteiger partial charge on any atom is -0.265 e. The van der Waals surface area contributed by atoms with Gasteiger partial charge in [-0.3, -0.25) is 4.98 Å². The molecule has 0 N–H and O–H groups in total. The molecule has 0 amide bonds. The lowest BCUT2D eigenvalue weighted by Gasteiger charge is -1.80. The van der Waals surface area contributed by atoms with Gasteiger partial charge in [0, 0.05) is 16.9 Å². The second kappa shape index (κ2) is 3.67. The Hall–Kier alpha value is -0.305. The lowest BCUT2D eigenvalue weighted by molar-refractivity contribution is 1.32. The summed E-state index contributed by atoms with van der Waals surface area (Å²) >= 11 is 3.27. The standard InChI is InChI=1S/C5H4BrN.BH3/c6-5-1-3-7-4-2-5;/h1-4H;1H3. The van der Waals surface area contributed by atoms with Crippen LogP contribution in [0.2, 0.25) is 0 Å². The molecule has 1 rings (SSSR count). The molecule has 0 saturated heterocycles. The van der Waals surface area contributed by atoms with Gasteiger partial charge in [0.2, 0.25) is 0 Å². The molecule has 1 aromatic heterocycles. The summed E-state index contributed by atoms with van der Waals surface area (Å²) in [5.41, 5.74) is 0. The molecule has 42 valence electrons. The summed E-state index contributed by atoms with van der Waals surface area (Å²) in [5, 5.41) is 0. The molecule has 0 aliphatic rings. The fraction of sp³-hybridized carbons (Fsp3) is 0. The van der Waals surface area contributed by atoms with Crippen molar-refractivity contribution in [2.75, 3.05) is 0 Å². The van der Waals surface area contributed by atoms with Gasteiger partial charge in [-0.15, -0.1) is 0 Å². The van der Waals surface area contributed by atoms with Crippen LogP contribution >= 0.6 is 15.9 Å². The third-order valence-corrected chi connectivity index (χ3v) is 1.17. The van der Waals surface area contributed by atoms with Gasteiger partial charge >= 0.3 is 0 Å². The maximum absolute atomic E-state index is 3.82. The van der Waals surface area contributed by atoms with Crippen LogP contribution in [-0.4, -0.2) is 13.4 Å². The van der Waals surface area contributed by atoms with Gasteiger partial charge in [-0.1, -0.05) is 15.9 Å². The van der Waals surface area contributed by atoms with Crippen molar-refractivity contribution >= 4 is 24.3 Å². The lowest BCUT2D eigenvalue weighted by atomic mass is 10.5. The van der Waals surface area contributed by atoms with E-state index < -0.39 is 0 Å². The Morgan fingerprint density at radius 1 is 1.25 bits per heavy atom. The molecular weight excluding hydrogens is 165 g/mol. The van der Waals surface area contributed by atoms with Crippen LogP contribution in [0, 0.1) is 0 Å². The number of hydrogen-bond acceptors (Lipinski definition) is 1. The van der Waals surface area contributed by atoms with Gasteiger partial charge in [-0.05, 0) is 12.1 Å². The topological polar surface area (TPSA) is 12.9 Å². The Balaban J connectivity index is 0.000000490. The molecule has 1 nitrogen and oxygen atoms in total. The van der Waals surface area contributed by atoms with E-state index in [9.17, 15) is 0 Å². The summed E-state index contributed by atoms with van der Waals surface area (Å²) in [6.45, 7) is 0. The minimum absolute atomic E-state index is 0. The smallest absolute Gasteiger partial charge is 0.0814 e. The molecule has 0 aliphatic heterocycles. The highest BCUT2D eigenvalue weighted by atomic mass is 79.9. The zero-order chi connectivity index (χ0) is 5.11. The van der Waals surface area contributed by atoms with E-state index in [0.717, 1.165) is 4.47 Å². The van der Waals surface area contributed by atoms with Crippen molar-refractivity contribution in [2.45, 2.75) is 0 Å². The van der Waals surface area contributed by atoms with E-state index in [4.69, 9.17) is 0 Å². The van der Waals surface area contributed by atoms with E-state index in [-0.39, 0.29) is 8.41 Å². The summed E-state index contributed by atoms with van der Waals surface area (Å²) < 4.78 is 1.07. The molecule has 0 atom stereocenters. The molecule has 0 saturated carbocycles. The number of pyridine rings is 1. The molecule has 0 bridgehead atoms. The monoisotopic (exact) mass is 171 g/mol. The normalized spacial score (nSPS) is 7.62. The SMILES string of the molecule is B.Brc1ccncc1. The second-order valence-electron chi connectivity index (χ2n) is 1.17. The molecule has 0 aliphatic carbocycles. The third-order valence-electron chi connectivity index (χ3n) is 0.640. The highest BCUT2D eigenvalue weighted by molar-refractivity contribution is 9.10. The molecule has 1 heterocycles. The van der Waals surface area contributed by atoms with Crippen LogP contribution < -0.4 is 0 Å². The number of hydrogen-bond donors (Lipinski definition) is 0. The van der Waals surface area contributed by atoms with Gasteiger partial charge in [0.1, 0.15) is 0 Å². The van der Waals surface area contributed by atoms with Gasteiger partial charge in [0.15, 0.2) is 0 Å². The van der Waals surface area contributed by atoms with Crippen LogP contribution in [0.15, 0.2) is 29.0 Å². The lowest BCUT2D eigenvalue weighted by Crippen LogP contribution is -1.63. The first-order valence-electron chi connectivity index (χ1n) is 1.95. The predicted molar refractivity (Wildman–Crippen MR) is 41.9 cm³/mol. The quantitative estimate of drug-likeness (QED) is 0.523. The van der Waals surface area contributed by atoms with Crippen LogP contribution in [0.1, 0.15) is 0 Å². The zero-order valence-corrected chi connectivity index (χ0v) is 5.22. The fourth-order valence-electron chi connectivity index (χ4n) is 0.334. The minimum atomic E-state index is 0. The zero-order valence-electron chi connectivity index (χ0n) is 3.63. The van der Waals surface area contributed by atoms with Gasteiger partial charge in [-0.25, -0.2) is 0 Å². The van der Waals surface area contributed by atoms with Gasteiger partial charge < -0.3 is 0 Å². The van der Waals surface area contributed by atoms with E-state index in [2.05, 4.69) is 20.9 Å². The van der Waals surface area contributed by atoms with Crippen molar-refractivity contribution in [3.63, 3.8) is 0 Å². The summed E-state index contributed by atoms with van der Waals surface area (Å²) in [4.78, 5) is 3.82. The van der Waals surface area contributed by atoms with E-state index >= 15 is 0 Å². The first-order chi connectivity index (χ1) is 3.39. The molecule has 0 aromatic carbocycles. The maximum atomic E-state index is 3.82. The number of nitrogens with zero attached hydrogens (tertiary/aromatic N) is 1. The van der Waals surface area contributed by atoms with Crippen LogP contribution in [0.25, 0.3) is 0 Å². The Morgan fingerprint density at radius 3 is 2.00 bits per heavy atom. The predicted octanol–water partition coefficient (Wildman–Crippen LogP) is 0.660. The summed E-state index contributed by atoms with van der Waals surface area (Å²) in [5.74, 6) is 0. The number of rotatable bonds is 0. The first-order valence-corrected chi connectivity index (χ1v) is 2.74. The Kier molecular flexibility index (Phi) is 3.53. The van der Waals surface area contributed by atoms with Crippen LogP contribution in [0.5, 0.6) is 0 Å². The van der Waals surface area contributed by atoms with E-state index in [1.54, 1.807) is 12.4 Å². The molecular formula is C5H7BBrN. The van der Waals surface area contributed by atoms with Crippen molar-refractivity contribution in [2.24, 2.45) is 0 Å². The molecule has 0 spiro atoms. The highest BCUT2D eigenvalue weighted by Gasteiger charge is 1.75. The average molecular weight is 172 g/mol. The molecule has 0 radical (unpaired) electrons. The summed E-state index contributed by atoms with van der Waals surface area (Å²) in [6.07, 6.45) is 3.48. The van der Waals surface area contributed by atoms with Crippen molar-refractivity contribution in [1.82, 2.24) is 4.98 Å². The van der Waals surface area contributed by atoms with Crippen molar-refractivity contribution < 1.29 is 0 Å². The van der Waals surface area contributed by atoms with Crippen molar-refractivity contribution in [3.05, 3.63) is 29.0 Å². The number of aromatic nitrogens is 1. The second-order valence-corrected chi connectivity index (χ2v) is 2.08. The Morgan fingerprint density at radius 2 is 1.75 bits per heavy atom. The van der Waals surface area contributed by atoms with Crippen LogP contribution in [-0.2, 0) is 0 Å². The molecule has 8 heavy (non-hydrogen) atoms. The Labute approximate surface area is 58.8 Å². The molecule has 1 aromatic rings. The molecule has 0 unspecified atom stereocenters. The van der Waals surface area contributed by atoms with E-state index in [1.165, 1.54) is 0 Å². The van der Waals surface area contributed by atoms with Crippen molar-refractivity contribution in [3.8, 4) is 0 Å². The Bertz CT molecular complexity index is 142. The first kappa shape index (κ1) is 7.69. The van der Waals surface area contributed by atoms with Gasteiger partial charge in [0.05, 0.1) is 8.41 Å². The van der Waals surface area contributed by atoms with E-state index in [1.807, 2.05) is 12.1 Å². The summed E-state index contributed by atoms with van der Waals surface area (Å²) in [6, 6.07) is 3.78. The summed E-state index contributed by atoms with van der Waals surface area (Å²) in [7, 11) is 0. The average Bonchev–Trinajstić information content (AvgIpc) is 1.69. The van der Waals surface area contributed by atoms with Gasteiger partial charge in [-0.2, -0.15) is 0 Å². The fourth-order valence-corrected chi connectivity index (χ4v) is 0.570. The molecule has 3 heteroatoms. The largest absolute Gasteiger partial charge is 0.265 e.